The first-order valence-electron chi connectivity index (χ1n) is 9.63. The molecule has 0 heterocycles. The van der Waals surface area contributed by atoms with Crippen LogP contribution in [-0.4, -0.2) is 17.6 Å². The zero-order valence-electron chi connectivity index (χ0n) is 17.3. The maximum Gasteiger partial charge on any atom is 0.416 e. The predicted molar refractivity (Wildman–Crippen MR) is 115 cm³/mol. The number of aliphatic imine (C=N–C) groups is 1. The number of halogens is 5. The van der Waals surface area contributed by atoms with Crippen LogP contribution in [0.15, 0.2) is 65.7 Å². The summed E-state index contributed by atoms with van der Waals surface area (Å²) in [4.78, 5) is 4.07. The Kier molecular flexibility index (Phi) is 6.43. The first kappa shape index (κ1) is 23.1. The molecule has 0 aliphatic rings. The van der Waals surface area contributed by atoms with Crippen molar-refractivity contribution in [3.8, 4) is 11.1 Å². The zero-order chi connectivity index (χ0) is 23.6. The van der Waals surface area contributed by atoms with Gasteiger partial charge in [0.25, 0.3) is 0 Å². The number of hydrogen-bond acceptors (Lipinski definition) is 2. The molecule has 0 aliphatic heterocycles. The van der Waals surface area contributed by atoms with E-state index in [2.05, 4.69) is 4.99 Å². The Morgan fingerprint density at radius 3 is 2.09 bits per heavy atom. The molecule has 0 aliphatic carbocycles. The normalized spacial score (nSPS) is 13.2. The number of aryl methyl sites for hydroxylation is 1. The molecule has 0 amide bonds. The van der Waals surface area contributed by atoms with Crippen molar-refractivity contribution in [2.24, 2.45) is 10.7 Å². The van der Waals surface area contributed by atoms with Gasteiger partial charge < -0.3 is 11.1 Å². The van der Waals surface area contributed by atoms with Gasteiger partial charge >= 0.3 is 6.18 Å². The number of alkyl halides is 3. The molecule has 0 spiro atoms. The second-order valence-electron chi connectivity index (χ2n) is 7.31. The summed E-state index contributed by atoms with van der Waals surface area (Å²) in [5, 5.41) is 8.39. The molecule has 1 unspecified atom stereocenters. The van der Waals surface area contributed by atoms with Crippen molar-refractivity contribution < 1.29 is 22.0 Å². The van der Waals surface area contributed by atoms with E-state index in [9.17, 15) is 22.0 Å². The fourth-order valence-electron chi connectivity index (χ4n) is 3.32. The van der Waals surface area contributed by atoms with E-state index in [-0.39, 0.29) is 11.5 Å². The van der Waals surface area contributed by atoms with E-state index in [4.69, 9.17) is 11.1 Å². The van der Waals surface area contributed by atoms with Gasteiger partial charge in [-0.2, -0.15) is 13.2 Å². The predicted octanol–water partition coefficient (Wildman–Crippen LogP) is 6.12. The Balaban J connectivity index is 1.84. The van der Waals surface area contributed by atoms with Crippen molar-refractivity contribution >= 4 is 11.5 Å². The average Bonchev–Trinajstić information content (AvgIpc) is 2.72. The topological polar surface area (TPSA) is 62.2 Å². The third kappa shape index (κ3) is 4.85. The van der Waals surface area contributed by atoms with Crippen LogP contribution in [0.2, 0.25) is 0 Å². The van der Waals surface area contributed by atoms with Gasteiger partial charge in [-0.25, -0.2) is 8.78 Å². The van der Waals surface area contributed by atoms with E-state index >= 15 is 0 Å². The Hall–Kier alpha value is -3.55. The fraction of sp³-hybridized carbons (Fsp3) is 0.167. The molecule has 0 bridgehead atoms. The minimum atomic E-state index is -4.41. The highest BCUT2D eigenvalue weighted by Crippen LogP contribution is 2.32. The molecule has 1 atom stereocenters. The quantitative estimate of drug-likeness (QED) is 0.277. The van der Waals surface area contributed by atoms with Gasteiger partial charge in [0, 0.05) is 0 Å². The molecule has 0 fully saturated rings. The number of benzene rings is 3. The highest BCUT2D eigenvalue weighted by Gasteiger charge is 2.30. The first-order valence-corrected chi connectivity index (χ1v) is 9.63. The first-order chi connectivity index (χ1) is 15.0. The maximum atomic E-state index is 13.9. The van der Waals surface area contributed by atoms with Crippen molar-refractivity contribution in [2.45, 2.75) is 26.1 Å². The van der Waals surface area contributed by atoms with Crippen LogP contribution < -0.4 is 5.73 Å². The molecule has 3 N–H and O–H groups in total. The average molecular weight is 445 g/mol. The van der Waals surface area contributed by atoms with Crippen LogP contribution in [0, 0.1) is 24.0 Å². The number of nitrogens with two attached hydrogens (primary N) is 1. The summed E-state index contributed by atoms with van der Waals surface area (Å²) in [5.74, 6) is -2.04. The molecule has 32 heavy (non-hydrogen) atoms. The number of rotatable bonds is 5. The van der Waals surface area contributed by atoms with Gasteiger partial charge in [-0.15, -0.1) is 0 Å². The highest BCUT2D eigenvalue weighted by atomic mass is 19.4. The molecule has 0 radical (unpaired) electrons. The van der Waals surface area contributed by atoms with Crippen molar-refractivity contribution in [2.75, 3.05) is 0 Å². The maximum absolute atomic E-state index is 13.9. The van der Waals surface area contributed by atoms with Gasteiger partial charge in [0.2, 0.25) is 0 Å². The van der Waals surface area contributed by atoms with Crippen molar-refractivity contribution in [3.05, 3.63) is 94.6 Å². The van der Waals surface area contributed by atoms with Crippen molar-refractivity contribution in [1.29, 1.82) is 5.41 Å². The van der Waals surface area contributed by atoms with E-state index in [1.54, 1.807) is 32.0 Å². The molecule has 0 saturated heterocycles. The van der Waals surface area contributed by atoms with Crippen LogP contribution in [0.1, 0.15) is 29.2 Å². The Bertz CT molecular complexity index is 1160. The summed E-state index contributed by atoms with van der Waals surface area (Å²) in [7, 11) is 0. The van der Waals surface area contributed by atoms with Gasteiger partial charge in [0.1, 0.15) is 17.5 Å². The minimum Gasteiger partial charge on any atom is -0.383 e. The SMILES string of the molecule is Cc1cc(C(=N)C(C)N=C(N)c2c(F)cccc2F)ccc1-c1ccc(C(F)(F)F)cc1. The third-order valence-electron chi connectivity index (χ3n) is 5.03. The summed E-state index contributed by atoms with van der Waals surface area (Å²) in [6.45, 7) is 3.36. The van der Waals surface area contributed by atoms with Crippen molar-refractivity contribution in [1.82, 2.24) is 0 Å². The highest BCUT2D eigenvalue weighted by molar-refractivity contribution is 6.05. The monoisotopic (exact) mass is 445 g/mol. The molecule has 3 rings (SSSR count). The smallest absolute Gasteiger partial charge is 0.383 e. The Morgan fingerprint density at radius 2 is 1.56 bits per heavy atom. The standard InChI is InChI=1S/C24H20F5N3/c1-13-12-16(8-11-18(13)15-6-9-17(10-7-15)24(27,28)29)22(30)14(2)32-23(31)21-19(25)4-3-5-20(21)26/h3-12,14,30H,1-2H3,(H2,31,32). The second kappa shape index (κ2) is 8.90. The van der Waals surface area contributed by atoms with Gasteiger partial charge in [-0.3, -0.25) is 4.99 Å². The van der Waals surface area contributed by atoms with Gasteiger partial charge in [0.15, 0.2) is 0 Å². The van der Waals surface area contributed by atoms with E-state index in [1.807, 2.05) is 0 Å². The van der Waals surface area contributed by atoms with E-state index < -0.39 is 35.0 Å². The summed E-state index contributed by atoms with van der Waals surface area (Å²) >= 11 is 0. The Labute approximate surface area is 181 Å². The number of nitrogens with one attached hydrogen (secondary N) is 1. The van der Waals surface area contributed by atoms with Crippen LogP contribution in [-0.2, 0) is 6.18 Å². The lowest BCUT2D eigenvalue weighted by molar-refractivity contribution is -0.137. The number of hydrogen-bond donors (Lipinski definition) is 2. The fourth-order valence-corrected chi connectivity index (χ4v) is 3.32. The third-order valence-corrected chi connectivity index (χ3v) is 5.03. The molecule has 0 aromatic heterocycles. The van der Waals surface area contributed by atoms with E-state index in [0.717, 1.165) is 35.4 Å². The molecule has 8 heteroatoms. The van der Waals surface area contributed by atoms with Gasteiger partial charge in [-0.05, 0) is 66.4 Å². The Morgan fingerprint density at radius 1 is 0.969 bits per heavy atom. The largest absolute Gasteiger partial charge is 0.416 e. The number of amidine groups is 1. The van der Waals surface area contributed by atoms with E-state index in [1.165, 1.54) is 18.2 Å². The summed E-state index contributed by atoms with van der Waals surface area (Å²) in [6, 6.07) is 12.5. The molecule has 0 saturated carbocycles. The molecular formula is C24H20F5N3. The van der Waals surface area contributed by atoms with E-state index in [0.29, 0.717) is 11.1 Å². The summed E-state index contributed by atoms with van der Waals surface area (Å²) in [6.07, 6.45) is -4.41. The lowest BCUT2D eigenvalue weighted by atomic mass is 9.95. The van der Waals surface area contributed by atoms with Gasteiger partial charge in [-0.1, -0.05) is 30.3 Å². The van der Waals surface area contributed by atoms with Crippen LogP contribution in [0.4, 0.5) is 22.0 Å². The zero-order valence-corrected chi connectivity index (χ0v) is 17.3. The molecule has 3 aromatic carbocycles. The van der Waals surface area contributed by atoms with Crippen LogP contribution in [0.3, 0.4) is 0 Å². The van der Waals surface area contributed by atoms with Crippen LogP contribution in [0.25, 0.3) is 11.1 Å². The molecular weight excluding hydrogens is 425 g/mol. The van der Waals surface area contributed by atoms with Crippen LogP contribution in [0.5, 0.6) is 0 Å². The lowest BCUT2D eigenvalue weighted by Gasteiger charge is -2.14. The second-order valence-corrected chi connectivity index (χ2v) is 7.31. The lowest BCUT2D eigenvalue weighted by Crippen LogP contribution is -2.24. The van der Waals surface area contributed by atoms with Crippen LogP contribution >= 0.6 is 0 Å². The van der Waals surface area contributed by atoms with Crippen molar-refractivity contribution in [3.63, 3.8) is 0 Å². The number of nitrogens with zero attached hydrogens (tertiary/aromatic N) is 1. The molecule has 166 valence electrons. The summed E-state index contributed by atoms with van der Waals surface area (Å²) in [5.41, 5.74) is 7.27. The molecule has 3 nitrogen and oxygen atoms in total. The summed E-state index contributed by atoms with van der Waals surface area (Å²) < 4.78 is 66.1. The van der Waals surface area contributed by atoms with Gasteiger partial charge in [0.05, 0.1) is 22.9 Å². The minimum absolute atomic E-state index is 0.0757. The molecule has 3 aromatic rings.